The highest BCUT2D eigenvalue weighted by molar-refractivity contribution is 7.97. The molecule has 2 aliphatic carbocycles. The molecule has 0 radical (unpaired) electrons. The van der Waals surface area contributed by atoms with E-state index in [1.54, 1.807) is 13.8 Å². The normalized spacial score (nSPS) is 14.2. The summed E-state index contributed by atoms with van der Waals surface area (Å²) >= 11 is 0. The Labute approximate surface area is 660 Å². The molecule has 25 heteroatoms. The molecule has 9 aromatic carbocycles. The van der Waals surface area contributed by atoms with E-state index in [0.29, 0.717) is 42.7 Å². The van der Waals surface area contributed by atoms with E-state index in [1.807, 2.05) is 0 Å². The summed E-state index contributed by atoms with van der Waals surface area (Å²) in [6.07, 6.45) is 3.22. The number of halogens is 4. The maximum absolute atomic E-state index is 13.5. The molecular formula is C86H94F4O15S6. The molecular weight excluding hydrogens is 1540 g/mol. The summed E-state index contributed by atoms with van der Waals surface area (Å²) in [6, 6.07) is 96.5. The topological polar surface area (TPSA) is 250 Å². The maximum Gasteiger partial charge on any atom is 0.333 e. The molecule has 592 valence electrons. The molecule has 0 saturated heterocycles. The van der Waals surface area contributed by atoms with Crippen LogP contribution in [0.5, 0.6) is 0 Å². The minimum Gasteiger partial charge on any atom is -0.748 e. The fourth-order valence-electron chi connectivity index (χ4n) is 11.3. The van der Waals surface area contributed by atoms with Crippen molar-refractivity contribution in [3.8, 4) is 0 Å². The summed E-state index contributed by atoms with van der Waals surface area (Å²) in [6.45, 7) is 14.6. The van der Waals surface area contributed by atoms with Crippen molar-refractivity contribution in [2.75, 3.05) is 37.6 Å². The number of benzene rings is 9. The summed E-state index contributed by atoms with van der Waals surface area (Å²) in [4.78, 5) is 44.1. The van der Waals surface area contributed by atoms with Crippen LogP contribution in [-0.4, -0.2) is 106 Å². The average Bonchev–Trinajstić information content (AvgIpc) is 1.61. The number of carbonyl (C=O) groups is 3. The number of hydrogen-bond donors (Lipinski definition) is 0. The first-order valence-electron chi connectivity index (χ1n) is 35.3. The van der Waals surface area contributed by atoms with Gasteiger partial charge in [0.15, 0.2) is 44.1 Å². The number of methoxy groups -OCH3 is 1. The van der Waals surface area contributed by atoms with Gasteiger partial charge in [-0.1, -0.05) is 190 Å². The summed E-state index contributed by atoms with van der Waals surface area (Å²) in [5, 5.41) is 0. The minimum absolute atomic E-state index is 0.0146. The Hall–Kier alpha value is -8.89. The zero-order valence-corrected chi connectivity index (χ0v) is 67.2. The lowest BCUT2D eigenvalue weighted by molar-refractivity contribution is -0.140. The van der Waals surface area contributed by atoms with Gasteiger partial charge in [0.25, 0.3) is 11.8 Å². The predicted molar refractivity (Wildman–Crippen MR) is 428 cm³/mol. The van der Waals surface area contributed by atoms with Gasteiger partial charge in [-0.25, -0.2) is 57.2 Å². The minimum atomic E-state index is -4.97. The zero-order chi connectivity index (χ0) is 81.5. The van der Waals surface area contributed by atoms with Gasteiger partial charge in [-0.15, -0.1) is 0 Å². The molecule has 0 heterocycles. The van der Waals surface area contributed by atoms with E-state index in [-0.39, 0.29) is 75.5 Å². The summed E-state index contributed by atoms with van der Waals surface area (Å²) in [5.41, 5.74) is 0.901. The molecule has 9 aromatic rings. The third-order valence-electron chi connectivity index (χ3n) is 16.3. The largest absolute Gasteiger partial charge is 0.748 e. The van der Waals surface area contributed by atoms with Crippen molar-refractivity contribution in [2.45, 2.75) is 134 Å². The quantitative estimate of drug-likeness (QED) is 0.00883. The Morgan fingerprint density at radius 3 is 0.865 bits per heavy atom. The first kappa shape index (κ1) is 92.7. The van der Waals surface area contributed by atoms with Gasteiger partial charge in [-0.2, -0.15) is 0 Å². The van der Waals surface area contributed by atoms with Crippen molar-refractivity contribution in [3.63, 3.8) is 0 Å². The molecule has 0 aliphatic heterocycles. The van der Waals surface area contributed by atoms with Crippen molar-refractivity contribution < 1.29 is 85.1 Å². The monoisotopic (exact) mass is 1630 g/mol. The van der Waals surface area contributed by atoms with Crippen molar-refractivity contribution in [1.29, 1.82) is 0 Å². The van der Waals surface area contributed by atoms with E-state index in [0.717, 1.165) is 19.3 Å². The van der Waals surface area contributed by atoms with Crippen molar-refractivity contribution in [3.05, 3.63) is 309 Å². The van der Waals surface area contributed by atoms with Crippen LogP contribution in [0.2, 0.25) is 0 Å². The molecule has 111 heavy (non-hydrogen) atoms. The van der Waals surface area contributed by atoms with E-state index >= 15 is 0 Å². The number of ether oxygens (including phenoxy) is 3. The van der Waals surface area contributed by atoms with Gasteiger partial charge in [-0.05, 0) is 187 Å². The zero-order valence-electron chi connectivity index (χ0n) is 62.3. The van der Waals surface area contributed by atoms with Gasteiger partial charge < -0.3 is 27.9 Å². The molecule has 2 bridgehead atoms. The van der Waals surface area contributed by atoms with Gasteiger partial charge in [0.2, 0.25) is 0 Å². The second-order valence-corrected chi connectivity index (χ2v) is 36.0. The predicted octanol–water partition coefficient (Wildman–Crippen LogP) is 18.6. The lowest BCUT2D eigenvalue weighted by Gasteiger charge is -2.30. The summed E-state index contributed by atoms with van der Waals surface area (Å²) in [5.74, 6) is -12.7. The molecule has 2 fully saturated rings. The lowest BCUT2D eigenvalue weighted by Crippen LogP contribution is -2.38. The second kappa shape index (κ2) is 47.5. The first-order chi connectivity index (χ1) is 52.7. The molecule has 11 rings (SSSR count). The van der Waals surface area contributed by atoms with Gasteiger partial charge in [0, 0.05) is 34.8 Å². The number of carbonyl (C=O) groups excluding carboxylic acids is 3. The number of hydrogen-bond acceptors (Lipinski definition) is 15. The molecule has 2 saturated carbocycles. The molecule has 15 nitrogen and oxygen atoms in total. The third kappa shape index (κ3) is 36.0. The molecule has 2 aliphatic rings. The summed E-state index contributed by atoms with van der Waals surface area (Å²) < 4.78 is 158. The van der Waals surface area contributed by atoms with E-state index in [9.17, 15) is 70.9 Å². The smallest absolute Gasteiger partial charge is 0.333 e. The maximum atomic E-state index is 13.5. The summed E-state index contributed by atoms with van der Waals surface area (Å²) in [7, 11) is -12.6. The fraction of sp³-hybridized carbons (Fsp3) is 0.267. The van der Waals surface area contributed by atoms with Crippen LogP contribution in [0.25, 0.3) is 0 Å². The number of fused-ring (bicyclic) bond motifs is 2. The molecule has 0 spiro atoms. The molecule has 3 unspecified atom stereocenters. The molecule has 3 atom stereocenters. The van der Waals surface area contributed by atoms with Crippen LogP contribution in [0.1, 0.15) is 78.6 Å². The highest BCUT2D eigenvalue weighted by atomic mass is 32.2. The van der Waals surface area contributed by atoms with Crippen molar-refractivity contribution >= 4 is 80.9 Å². The number of rotatable bonds is 27. The number of alkyl halides is 4. The fourth-order valence-corrected chi connectivity index (χ4v) is 19.5. The Kier molecular flexibility index (Phi) is 39.6. The van der Waals surface area contributed by atoms with Crippen molar-refractivity contribution in [2.24, 2.45) is 17.8 Å². The number of esters is 3. The van der Waals surface area contributed by atoms with E-state index in [2.05, 4.69) is 302 Å². The van der Waals surface area contributed by atoms with Gasteiger partial charge in [-0.3, -0.25) is 0 Å². The van der Waals surface area contributed by atoms with E-state index in [4.69, 9.17) is 4.74 Å². The first-order valence-corrected chi connectivity index (χ1v) is 43.7. The Morgan fingerprint density at radius 2 is 0.658 bits per heavy atom. The Morgan fingerprint density at radius 1 is 0.387 bits per heavy atom. The van der Waals surface area contributed by atoms with Gasteiger partial charge in [0.1, 0.15) is 31.7 Å². The lowest BCUT2D eigenvalue weighted by atomic mass is 9.85. The van der Waals surface area contributed by atoms with Crippen LogP contribution >= 0.6 is 0 Å². The molecule has 0 aromatic heterocycles. The standard InChI is InChI=1S/3C18H15S.C9H14F2O5S.C9H14F2O3S.C9H16O5S.C5H8O2/c3*1-4-10-16(11-5-1)19(17-12-6-2-7-13-17)18-14-8-3-9-15-18;1-7(2)8(12)16-5-3-4-9(10,11)6-17(13,14)15;10-9(11,5-15(12,13)14)8-4-6-1-2-7(8)3-6;1-8(2)9(10)14-6-4-3-5-7-15(11,12)13;1-4(2)5(6)7-3/h3*1-15H;1,3-6H2,2H3,(H,13,14,15);6-8H,1-5H2,(H,12,13,14);1,3-7H2,2H3,(H,11,12,13);1H2,2-3H3/q3*+1;;;;/p-3. The van der Waals surface area contributed by atoms with Crippen molar-refractivity contribution in [1.82, 2.24) is 0 Å². The third-order valence-corrected chi connectivity index (χ3v) is 25.3. The number of unbranched alkanes of at least 4 members (excludes halogenated alkanes) is 2. The van der Waals surface area contributed by atoms with Crippen LogP contribution in [-0.2, 0) is 91.6 Å². The SMILES string of the molecule is C=C(C)C(=O)OC.C=C(C)C(=O)OCCCC(F)(F)CS(=O)(=O)[O-].C=C(C)C(=O)OCCCCCS(=O)(=O)[O-].O=S(=O)([O-])CC(F)(F)C1CC2CCC1C2.c1ccc([S+](c2ccccc2)c2ccccc2)cc1.c1ccc([S+](c2ccccc2)c2ccccc2)cc1.c1ccc([S+](c2ccccc2)c2ccccc2)cc1. The Bertz CT molecular complexity index is 4060. The van der Waals surface area contributed by atoms with Crippen LogP contribution in [0, 0.1) is 17.8 Å². The second-order valence-electron chi connectivity index (χ2n) is 25.6. The van der Waals surface area contributed by atoms with Crippen LogP contribution in [0.4, 0.5) is 17.6 Å². The van der Waals surface area contributed by atoms with Gasteiger partial charge >= 0.3 is 17.9 Å². The van der Waals surface area contributed by atoms with E-state index < -0.39 is 78.0 Å². The van der Waals surface area contributed by atoms with Crippen LogP contribution in [0.15, 0.2) is 354 Å². The van der Waals surface area contributed by atoms with Crippen LogP contribution in [0.3, 0.4) is 0 Å². The van der Waals surface area contributed by atoms with Crippen LogP contribution < -0.4 is 0 Å². The Balaban J connectivity index is 0.000000235. The highest BCUT2D eigenvalue weighted by Crippen LogP contribution is 2.54. The van der Waals surface area contributed by atoms with Gasteiger partial charge in [0.05, 0.1) is 63.1 Å². The highest BCUT2D eigenvalue weighted by Gasteiger charge is 2.52. The molecule has 0 amide bonds. The average molecular weight is 1640 g/mol. The van der Waals surface area contributed by atoms with E-state index in [1.165, 1.54) is 58.1 Å². The molecule has 0 N–H and O–H groups in total.